The lowest BCUT2D eigenvalue weighted by Gasteiger charge is -2.39. The minimum absolute atomic E-state index is 0.254. The van der Waals surface area contributed by atoms with Crippen molar-refractivity contribution in [2.45, 2.75) is 31.1 Å². The van der Waals surface area contributed by atoms with Crippen LogP contribution in [0.4, 0.5) is 0 Å². The molecular formula is C27H30N2O3. The predicted molar refractivity (Wildman–Crippen MR) is 125 cm³/mol. The van der Waals surface area contributed by atoms with Gasteiger partial charge in [-0.25, -0.2) is 0 Å². The Morgan fingerprint density at radius 3 is 2.69 bits per heavy atom. The standard InChI is InChI=1S/C27H30N2O3/c1-31-24-9-7-23(8-10-24)27(12-16-32-17-13-27)26(30)29-15-11-20(19-29)18-22-5-2-4-21-6-3-14-28-25(21)22/h2-10,14,20H,11-13,15-19H2,1H3/t20-/m0/s1. The van der Waals surface area contributed by atoms with Crippen LogP contribution in [-0.4, -0.2) is 49.2 Å². The first-order valence-corrected chi connectivity index (χ1v) is 11.5. The van der Waals surface area contributed by atoms with Gasteiger partial charge in [0, 0.05) is 37.9 Å². The van der Waals surface area contributed by atoms with Crippen LogP contribution in [-0.2, 0) is 21.4 Å². The Labute approximate surface area is 189 Å². The van der Waals surface area contributed by atoms with Crippen molar-refractivity contribution in [3.05, 3.63) is 71.9 Å². The molecule has 0 unspecified atom stereocenters. The van der Waals surface area contributed by atoms with Gasteiger partial charge in [-0.3, -0.25) is 9.78 Å². The molecule has 2 saturated heterocycles. The van der Waals surface area contributed by atoms with Gasteiger partial charge < -0.3 is 14.4 Å². The van der Waals surface area contributed by atoms with Crippen molar-refractivity contribution in [2.24, 2.45) is 5.92 Å². The van der Waals surface area contributed by atoms with Crippen LogP contribution in [0.1, 0.15) is 30.4 Å². The highest BCUT2D eigenvalue weighted by molar-refractivity contribution is 5.89. The fourth-order valence-electron chi connectivity index (χ4n) is 5.39. The molecule has 2 fully saturated rings. The lowest BCUT2D eigenvalue weighted by Crippen LogP contribution is -2.49. The zero-order chi connectivity index (χ0) is 22.0. The van der Waals surface area contributed by atoms with Crippen LogP contribution >= 0.6 is 0 Å². The number of carbonyl (C=O) groups is 1. The lowest BCUT2D eigenvalue weighted by molar-refractivity contribution is -0.140. The fraction of sp³-hybridized carbons (Fsp3) is 0.407. The van der Waals surface area contributed by atoms with Crippen LogP contribution in [0.2, 0.25) is 0 Å². The number of likely N-dealkylation sites (tertiary alicyclic amines) is 1. The van der Waals surface area contributed by atoms with Crippen molar-refractivity contribution >= 4 is 16.8 Å². The molecule has 32 heavy (non-hydrogen) atoms. The Morgan fingerprint density at radius 1 is 1.12 bits per heavy atom. The number of ether oxygens (including phenoxy) is 2. The second-order valence-corrected chi connectivity index (χ2v) is 9.03. The zero-order valence-corrected chi connectivity index (χ0v) is 18.6. The lowest BCUT2D eigenvalue weighted by atomic mass is 9.73. The van der Waals surface area contributed by atoms with Gasteiger partial charge in [-0.05, 0) is 60.9 Å². The van der Waals surface area contributed by atoms with E-state index in [2.05, 4.69) is 46.3 Å². The molecule has 5 nitrogen and oxygen atoms in total. The Bertz CT molecular complexity index is 1080. The van der Waals surface area contributed by atoms with E-state index in [1.807, 2.05) is 24.4 Å². The van der Waals surface area contributed by atoms with Crippen molar-refractivity contribution in [3.8, 4) is 5.75 Å². The van der Waals surface area contributed by atoms with Crippen molar-refractivity contribution in [1.29, 1.82) is 0 Å². The minimum atomic E-state index is -0.500. The number of para-hydroxylation sites is 1. The smallest absolute Gasteiger partial charge is 0.233 e. The second-order valence-electron chi connectivity index (χ2n) is 9.03. The summed E-state index contributed by atoms with van der Waals surface area (Å²) in [5.41, 5.74) is 2.94. The van der Waals surface area contributed by atoms with E-state index in [0.29, 0.717) is 19.1 Å². The Hall–Kier alpha value is -2.92. The Kier molecular flexibility index (Phi) is 5.83. The average Bonchev–Trinajstić information content (AvgIpc) is 3.33. The number of benzene rings is 2. The van der Waals surface area contributed by atoms with Crippen molar-refractivity contribution < 1.29 is 14.3 Å². The maximum Gasteiger partial charge on any atom is 0.233 e. The summed E-state index contributed by atoms with van der Waals surface area (Å²) in [4.78, 5) is 20.6. The highest BCUT2D eigenvalue weighted by Crippen LogP contribution is 2.39. The maximum absolute atomic E-state index is 13.9. The van der Waals surface area contributed by atoms with Gasteiger partial charge in [-0.2, -0.15) is 0 Å². The molecule has 5 heteroatoms. The van der Waals surface area contributed by atoms with E-state index < -0.39 is 5.41 Å². The van der Waals surface area contributed by atoms with Crippen molar-refractivity contribution in [2.75, 3.05) is 33.4 Å². The number of rotatable bonds is 5. The third-order valence-electron chi connectivity index (χ3n) is 7.20. The first kappa shape index (κ1) is 21.0. The van der Waals surface area contributed by atoms with Gasteiger partial charge in [-0.1, -0.05) is 36.4 Å². The third kappa shape index (κ3) is 3.86. The van der Waals surface area contributed by atoms with Crippen LogP contribution in [0.3, 0.4) is 0 Å². The normalized spacial score (nSPS) is 20.4. The average molecular weight is 431 g/mol. The van der Waals surface area contributed by atoms with Crippen molar-refractivity contribution in [3.63, 3.8) is 0 Å². The maximum atomic E-state index is 13.9. The summed E-state index contributed by atoms with van der Waals surface area (Å²) >= 11 is 0. The first-order valence-electron chi connectivity index (χ1n) is 11.5. The number of pyridine rings is 1. The minimum Gasteiger partial charge on any atom is -0.497 e. The van der Waals surface area contributed by atoms with Gasteiger partial charge in [0.05, 0.1) is 18.0 Å². The number of carbonyl (C=O) groups excluding carboxylic acids is 1. The predicted octanol–water partition coefficient (Wildman–Crippen LogP) is 4.38. The van der Waals surface area contributed by atoms with Crippen LogP contribution in [0, 0.1) is 5.92 Å². The van der Waals surface area contributed by atoms with E-state index in [1.165, 1.54) is 10.9 Å². The summed E-state index contributed by atoms with van der Waals surface area (Å²) in [6.07, 6.45) is 5.31. The van der Waals surface area contributed by atoms with E-state index in [9.17, 15) is 4.79 Å². The topological polar surface area (TPSA) is 51.7 Å². The van der Waals surface area contributed by atoms with Crippen molar-refractivity contribution in [1.82, 2.24) is 9.88 Å². The number of methoxy groups -OCH3 is 1. The highest BCUT2D eigenvalue weighted by Gasteiger charge is 2.45. The molecule has 0 saturated carbocycles. The van der Waals surface area contributed by atoms with Gasteiger partial charge >= 0.3 is 0 Å². The molecule has 1 atom stereocenters. The number of fused-ring (bicyclic) bond motifs is 1. The number of aromatic nitrogens is 1. The summed E-state index contributed by atoms with van der Waals surface area (Å²) < 4.78 is 11.0. The van der Waals surface area contributed by atoms with E-state index in [0.717, 1.165) is 55.6 Å². The van der Waals surface area contributed by atoms with E-state index >= 15 is 0 Å². The molecule has 2 aliphatic heterocycles. The van der Waals surface area contributed by atoms with Gasteiger partial charge in [0.2, 0.25) is 5.91 Å². The quantitative estimate of drug-likeness (QED) is 0.603. The molecule has 2 aliphatic rings. The van der Waals surface area contributed by atoms with Gasteiger partial charge in [0.15, 0.2) is 0 Å². The molecular weight excluding hydrogens is 400 g/mol. The molecule has 0 N–H and O–H groups in total. The molecule has 0 radical (unpaired) electrons. The fourth-order valence-corrected chi connectivity index (χ4v) is 5.39. The Balaban J connectivity index is 1.35. The molecule has 1 aromatic heterocycles. The third-order valence-corrected chi connectivity index (χ3v) is 7.20. The summed E-state index contributed by atoms with van der Waals surface area (Å²) in [6, 6.07) is 18.5. The zero-order valence-electron chi connectivity index (χ0n) is 18.6. The summed E-state index contributed by atoms with van der Waals surface area (Å²) in [7, 11) is 1.67. The van der Waals surface area contributed by atoms with E-state index in [4.69, 9.17) is 9.47 Å². The Morgan fingerprint density at radius 2 is 1.91 bits per heavy atom. The van der Waals surface area contributed by atoms with Crippen LogP contribution in [0.25, 0.3) is 10.9 Å². The summed E-state index contributed by atoms with van der Waals surface area (Å²) in [5, 5.41) is 1.18. The molecule has 1 amide bonds. The molecule has 5 rings (SSSR count). The molecule has 0 aliphatic carbocycles. The van der Waals surface area contributed by atoms with Crippen LogP contribution in [0.5, 0.6) is 5.75 Å². The molecule has 0 bridgehead atoms. The number of amides is 1. The van der Waals surface area contributed by atoms with Gasteiger partial charge in [-0.15, -0.1) is 0 Å². The highest BCUT2D eigenvalue weighted by atomic mass is 16.5. The first-order chi connectivity index (χ1) is 15.7. The summed E-state index contributed by atoms with van der Waals surface area (Å²) in [5.74, 6) is 1.53. The monoisotopic (exact) mass is 430 g/mol. The van der Waals surface area contributed by atoms with Gasteiger partial charge in [0.25, 0.3) is 0 Å². The van der Waals surface area contributed by atoms with Crippen LogP contribution < -0.4 is 4.74 Å². The number of hydrogen-bond acceptors (Lipinski definition) is 4. The largest absolute Gasteiger partial charge is 0.497 e. The van der Waals surface area contributed by atoms with E-state index in [1.54, 1.807) is 7.11 Å². The second kappa shape index (κ2) is 8.91. The van der Waals surface area contributed by atoms with Gasteiger partial charge in [0.1, 0.15) is 5.75 Å². The number of nitrogens with zero attached hydrogens (tertiary/aromatic N) is 2. The molecule has 3 heterocycles. The number of hydrogen-bond donors (Lipinski definition) is 0. The molecule has 2 aromatic carbocycles. The van der Waals surface area contributed by atoms with Crippen LogP contribution in [0.15, 0.2) is 60.8 Å². The molecule has 3 aromatic rings. The molecule has 166 valence electrons. The SMILES string of the molecule is COc1ccc(C2(C(=O)N3CC[C@@H](Cc4cccc5cccnc45)C3)CCOCC2)cc1. The summed E-state index contributed by atoms with van der Waals surface area (Å²) in [6.45, 7) is 2.87. The molecule has 0 spiro atoms. The van der Waals surface area contributed by atoms with E-state index in [-0.39, 0.29) is 5.91 Å².